The lowest BCUT2D eigenvalue weighted by molar-refractivity contribution is 0.151. The topological polar surface area (TPSA) is 83.4 Å². The minimum atomic E-state index is -0.853. The molecule has 6 nitrogen and oxygen atoms in total. The minimum absolute atomic E-state index is 0.0489. The van der Waals surface area contributed by atoms with Gasteiger partial charge in [0.05, 0.1) is 12.6 Å². The molecule has 0 spiro atoms. The molecule has 1 atom stereocenters. The highest BCUT2D eigenvalue weighted by Crippen LogP contribution is 2.23. The normalized spacial score (nSPS) is 12.5. The lowest BCUT2D eigenvalue weighted by Crippen LogP contribution is -2.38. The molecule has 25 heavy (non-hydrogen) atoms. The molecule has 0 aliphatic rings. The molecule has 1 heterocycles. The van der Waals surface area contributed by atoms with E-state index in [0.29, 0.717) is 5.69 Å². The first kappa shape index (κ1) is 18.7. The summed E-state index contributed by atoms with van der Waals surface area (Å²) in [5.41, 5.74) is 1.73. The molecule has 2 amide bonds. The standard InChI is InChI=1S/C19H25N3O3/c1-19(2,3)14-7-9-15(10-8-14)21-18(25)20-12-16(23)13-22-11-5-4-6-17(22)24/h4-11,16,23H,12-13H2,1-3H3,(H2,20,21,25). The second-order valence-electron chi connectivity index (χ2n) is 7.01. The number of pyridine rings is 1. The molecule has 1 unspecified atom stereocenters. The molecule has 0 aliphatic heterocycles. The summed E-state index contributed by atoms with van der Waals surface area (Å²) in [6.45, 7) is 6.55. The first-order chi connectivity index (χ1) is 11.8. The first-order valence-electron chi connectivity index (χ1n) is 8.24. The summed E-state index contributed by atoms with van der Waals surface area (Å²) in [4.78, 5) is 23.5. The van der Waals surface area contributed by atoms with Gasteiger partial charge < -0.3 is 20.3 Å². The Labute approximate surface area is 147 Å². The molecule has 3 N–H and O–H groups in total. The van der Waals surface area contributed by atoms with Crippen LogP contribution in [-0.2, 0) is 12.0 Å². The van der Waals surface area contributed by atoms with E-state index in [0.717, 1.165) is 0 Å². The number of hydrogen-bond acceptors (Lipinski definition) is 3. The van der Waals surface area contributed by atoms with Gasteiger partial charge in [-0.2, -0.15) is 0 Å². The van der Waals surface area contributed by atoms with E-state index in [2.05, 4.69) is 31.4 Å². The second kappa shape index (κ2) is 7.98. The van der Waals surface area contributed by atoms with Gasteiger partial charge in [-0.05, 0) is 29.2 Å². The molecule has 134 valence electrons. The highest BCUT2D eigenvalue weighted by atomic mass is 16.3. The zero-order chi connectivity index (χ0) is 18.4. The monoisotopic (exact) mass is 343 g/mol. The summed E-state index contributed by atoms with van der Waals surface area (Å²) in [7, 11) is 0. The van der Waals surface area contributed by atoms with Gasteiger partial charge in [-0.1, -0.05) is 39.0 Å². The van der Waals surface area contributed by atoms with Crippen LogP contribution in [0.25, 0.3) is 0 Å². The Morgan fingerprint density at radius 2 is 1.84 bits per heavy atom. The van der Waals surface area contributed by atoms with Crippen LogP contribution in [0.15, 0.2) is 53.5 Å². The summed E-state index contributed by atoms with van der Waals surface area (Å²) in [5.74, 6) is 0. The van der Waals surface area contributed by atoms with Crippen LogP contribution in [0, 0.1) is 0 Å². The number of nitrogens with zero attached hydrogens (tertiary/aromatic N) is 1. The number of aromatic nitrogens is 1. The summed E-state index contributed by atoms with van der Waals surface area (Å²) in [6.07, 6.45) is 0.747. The number of amides is 2. The van der Waals surface area contributed by atoms with Crippen LogP contribution >= 0.6 is 0 Å². The molecule has 0 bridgehead atoms. The van der Waals surface area contributed by atoms with Crippen molar-refractivity contribution in [2.75, 3.05) is 11.9 Å². The first-order valence-corrected chi connectivity index (χ1v) is 8.24. The summed E-state index contributed by atoms with van der Waals surface area (Å²) >= 11 is 0. The van der Waals surface area contributed by atoms with Crippen molar-refractivity contribution in [1.29, 1.82) is 0 Å². The maximum atomic E-state index is 11.9. The van der Waals surface area contributed by atoms with E-state index in [1.54, 1.807) is 18.3 Å². The molecular formula is C19H25N3O3. The fourth-order valence-electron chi connectivity index (χ4n) is 2.34. The van der Waals surface area contributed by atoms with Crippen molar-refractivity contribution in [3.05, 3.63) is 64.6 Å². The van der Waals surface area contributed by atoms with E-state index in [1.807, 2.05) is 24.3 Å². The van der Waals surface area contributed by atoms with E-state index in [4.69, 9.17) is 0 Å². The minimum Gasteiger partial charge on any atom is -0.389 e. The molecule has 2 aromatic rings. The fourth-order valence-corrected chi connectivity index (χ4v) is 2.34. The number of nitrogens with one attached hydrogen (secondary N) is 2. The number of anilines is 1. The quantitative estimate of drug-likeness (QED) is 0.779. The summed E-state index contributed by atoms with van der Waals surface area (Å²) < 4.78 is 1.40. The SMILES string of the molecule is CC(C)(C)c1ccc(NC(=O)NCC(O)Cn2ccccc2=O)cc1. The van der Waals surface area contributed by atoms with Gasteiger partial charge in [0, 0.05) is 24.5 Å². The lowest BCUT2D eigenvalue weighted by Gasteiger charge is -2.19. The highest BCUT2D eigenvalue weighted by Gasteiger charge is 2.13. The van der Waals surface area contributed by atoms with Gasteiger partial charge in [-0.25, -0.2) is 4.79 Å². The number of aliphatic hydroxyl groups is 1. The van der Waals surface area contributed by atoms with Gasteiger partial charge >= 0.3 is 6.03 Å². The van der Waals surface area contributed by atoms with Crippen LogP contribution in [0.3, 0.4) is 0 Å². The molecule has 0 radical (unpaired) electrons. The Balaban J connectivity index is 1.82. The lowest BCUT2D eigenvalue weighted by atomic mass is 9.87. The number of rotatable bonds is 5. The third kappa shape index (κ3) is 5.76. The number of carbonyl (C=O) groups is 1. The highest BCUT2D eigenvalue weighted by molar-refractivity contribution is 5.89. The van der Waals surface area contributed by atoms with Crippen LogP contribution in [0.4, 0.5) is 10.5 Å². The van der Waals surface area contributed by atoms with Crippen molar-refractivity contribution in [3.8, 4) is 0 Å². The zero-order valence-corrected chi connectivity index (χ0v) is 14.8. The molecule has 0 saturated carbocycles. The Morgan fingerprint density at radius 1 is 1.16 bits per heavy atom. The van der Waals surface area contributed by atoms with E-state index in [1.165, 1.54) is 16.2 Å². The average Bonchev–Trinajstić information content (AvgIpc) is 2.55. The predicted molar refractivity (Wildman–Crippen MR) is 98.9 cm³/mol. The van der Waals surface area contributed by atoms with Gasteiger partial charge in [0.25, 0.3) is 5.56 Å². The second-order valence-corrected chi connectivity index (χ2v) is 7.01. The largest absolute Gasteiger partial charge is 0.389 e. The van der Waals surface area contributed by atoms with Crippen LogP contribution in [0.5, 0.6) is 0 Å². The van der Waals surface area contributed by atoms with Gasteiger partial charge in [0.1, 0.15) is 0 Å². The summed E-state index contributed by atoms with van der Waals surface area (Å²) in [6, 6.07) is 12.0. The smallest absolute Gasteiger partial charge is 0.319 e. The van der Waals surface area contributed by atoms with Crippen molar-refractivity contribution in [2.24, 2.45) is 0 Å². The number of hydrogen-bond donors (Lipinski definition) is 3. The van der Waals surface area contributed by atoms with Gasteiger partial charge in [0.15, 0.2) is 0 Å². The van der Waals surface area contributed by atoms with Crippen LogP contribution in [0.2, 0.25) is 0 Å². The third-order valence-corrected chi connectivity index (χ3v) is 3.81. The average molecular weight is 343 g/mol. The molecule has 0 aliphatic carbocycles. The van der Waals surface area contributed by atoms with E-state index in [9.17, 15) is 14.7 Å². The van der Waals surface area contributed by atoms with E-state index < -0.39 is 12.1 Å². The number of carbonyl (C=O) groups excluding carboxylic acids is 1. The maximum Gasteiger partial charge on any atom is 0.319 e. The predicted octanol–water partition coefficient (Wildman–Crippen LogP) is 2.33. The van der Waals surface area contributed by atoms with Crippen molar-refractivity contribution in [2.45, 2.75) is 38.8 Å². The third-order valence-electron chi connectivity index (χ3n) is 3.81. The molecule has 1 aromatic carbocycles. The van der Waals surface area contributed by atoms with Crippen molar-refractivity contribution in [1.82, 2.24) is 9.88 Å². The fraction of sp³-hybridized carbons (Fsp3) is 0.368. The zero-order valence-electron chi connectivity index (χ0n) is 14.8. The molecule has 1 aromatic heterocycles. The number of aliphatic hydroxyl groups excluding tert-OH is 1. The molecule has 2 rings (SSSR count). The van der Waals surface area contributed by atoms with E-state index in [-0.39, 0.29) is 24.1 Å². The molecule has 0 fully saturated rings. The van der Waals surface area contributed by atoms with Crippen molar-refractivity contribution >= 4 is 11.7 Å². The Bertz CT molecular complexity index is 760. The van der Waals surface area contributed by atoms with Crippen LogP contribution < -0.4 is 16.2 Å². The van der Waals surface area contributed by atoms with Gasteiger partial charge in [-0.15, -0.1) is 0 Å². The number of urea groups is 1. The maximum absolute atomic E-state index is 11.9. The Kier molecular flexibility index (Phi) is 5.98. The van der Waals surface area contributed by atoms with Gasteiger partial charge in [0.2, 0.25) is 0 Å². The number of benzene rings is 1. The van der Waals surface area contributed by atoms with Gasteiger partial charge in [-0.3, -0.25) is 4.79 Å². The molecule has 6 heteroatoms. The van der Waals surface area contributed by atoms with Crippen LogP contribution in [0.1, 0.15) is 26.3 Å². The molecule has 0 saturated heterocycles. The van der Waals surface area contributed by atoms with Crippen LogP contribution in [-0.4, -0.2) is 28.4 Å². The Morgan fingerprint density at radius 3 is 2.44 bits per heavy atom. The Hall–Kier alpha value is -2.60. The molecular weight excluding hydrogens is 318 g/mol. The van der Waals surface area contributed by atoms with Crippen molar-refractivity contribution in [3.63, 3.8) is 0 Å². The van der Waals surface area contributed by atoms with Crippen molar-refractivity contribution < 1.29 is 9.90 Å². The van der Waals surface area contributed by atoms with E-state index >= 15 is 0 Å². The summed E-state index contributed by atoms with van der Waals surface area (Å²) in [5, 5.41) is 15.3.